The summed E-state index contributed by atoms with van der Waals surface area (Å²) in [4.78, 5) is 0.245. The zero-order chi connectivity index (χ0) is 15.8. The average Bonchev–Trinajstić information content (AvgIpc) is 2.31. The first-order valence-corrected chi connectivity index (χ1v) is 8.06. The molecule has 0 aliphatic carbocycles. The topological polar surface area (TPSA) is 46.2 Å². The minimum absolute atomic E-state index is 0.220. The minimum Gasteiger partial charge on any atom is -0.280 e. The fraction of sp³-hybridized carbons (Fsp3) is 0.250. The van der Waals surface area contributed by atoms with E-state index in [1.807, 2.05) is 19.1 Å². The molecule has 2 aromatic rings. The molecule has 2 aromatic carbocycles. The molecule has 0 aliphatic rings. The van der Waals surface area contributed by atoms with Crippen LogP contribution in [0, 0.1) is 33.5 Å². The Bertz CT molecular complexity index is 775. The maximum absolute atomic E-state index is 13.5. The number of sulfonamides is 1. The van der Waals surface area contributed by atoms with E-state index in [9.17, 15) is 12.8 Å². The van der Waals surface area contributed by atoms with Crippen LogP contribution in [-0.4, -0.2) is 8.42 Å². The maximum Gasteiger partial charge on any atom is 0.262 e. The first kappa shape index (κ1) is 15.5. The summed E-state index contributed by atoms with van der Waals surface area (Å²) in [7, 11) is -3.74. The van der Waals surface area contributed by atoms with Gasteiger partial charge in [-0.05, 0) is 56.5 Å². The van der Waals surface area contributed by atoms with E-state index in [0.717, 1.165) is 5.56 Å². The number of anilines is 1. The van der Waals surface area contributed by atoms with Gasteiger partial charge in [0.15, 0.2) is 0 Å². The summed E-state index contributed by atoms with van der Waals surface area (Å²) in [6.45, 7) is 7.05. The summed E-state index contributed by atoms with van der Waals surface area (Å²) in [5.41, 5.74) is 3.05. The van der Waals surface area contributed by atoms with E-state index in [0.29, 0.717) is 16.7 Å². The van der Waals surface area contributed by atoms with Crippen LogP contribution < -0.4 is 4.72 Å². The third-order valence-electron chi connectivity index (χ3n) is 3.30. The van der Waals surface area contributed by atoms with E-state index in [2.05, 4.69) is 4.72 Å². The summed E-state index contributed by atoms with van der Waals surface area (Å²) in [6.07, 6.45) is 0. The van der Waals surface area contributed by atoms with Gasteiger partial charge in [-0.15, -0.1) is 0 Å². The quantitative estimate of drug-likeness (QED) is 0.936. The molecule has 112 valence electrons. The highest BCUT2D eigenvalue weighted by atomic mass is 32.2. The van der Waals surface area contributed by atoms with Crippen molar-refractivity contribution in [3.8, 4) is 0 Å². The summed E-state index contributed by atoms with van der Waals surface area (Å²) in [5.74, 6) is -0.437. The van der Waals surface area contributed by atoms with Crippen LogP contribution in [0.1, 0.15) is 22.3 Å². The third-order valence-corrected chi connectivity index (χ3v) is 4.98. The Morgan fingerprint density at radius 3 is 2.00 bits per heavy atom. The molecule has 0 saturated carbocycles. The van der Waals surface area contributed by atoms with Crippen LogP contribution in [0.3, 0.4) is 0 Å². The van der Waals surface area contributed by atoms with Gasteiger partial charge in [0.1, 0.15) is 5.82 Å². The van der Waals surface area contributed by atoms with Crippen molar-refractivity contribution >= 4 is 15.7 Å². The number of nitrogens with one attached hydrogen (secondary N) is 1. The van der Waals surface area contributed by atoms with Crippen molar-refractivity contribution in [1.82, 2.24) is 0 Å². The number of hydrogen-bond acceptors (Lipinski definition) is 2. The van der Waals surface area contributed by atoms with Gasteiger partial charge in [0.2, 0.25) is 0 Å². The molecule has 5 heteroatoms. The van der Waals surface area contributed by atoms with Gasteiger partial charge in [0.05, 0.1) is 10.6 Å². The Morgan fingerprint density at radius 1 is 0.905 bits per heavy atom. The van der Waals surface area contributed by atoms with Gasteiger partial charge in [0, 0.05) is 0 Å². The SMILES string of the molecule is Cc1cc(C)c(S(=O)(=O)Nc2ccc(C)c(F)c2)c(C)c1. The van der Waals surface area contributed by atoms with E-state index in [1.54, 1.807) is 32.9 Å². The van der Waals surface area contributed by atoms with Crippen molar-refractivity contribution in [2.75, 3.05) is 4.72 Å². The second-order valence-corrected chi connectivity index (χ2v) is 6.92. The highest BCUT2D eigenvalue weighted by molar-refractivity contribution is 7.92. The van der Waals surface area contributed by atoms with Crippen LogP contribution in [0.25, 0.3) is 0 Å². The molecule has 0 bridgehead atoms. The fourth-order valence-electron chi connectivity index (χ4n) is 2.45. The number of benzene rings is 2. The van der Waals surface area contributed by atoms with Crippen molar-refractivity contribution in [3.63, 3.8) is 0 Å². The van der Waals surface area contributed by atoms with Crippen LogP contribution in [0.5, 0.6) is 0 Å². The lowest BCUT2D eigenvalue weighted by atomic mass is 10.1. The first-order chi connectivity index (χ1) is 9.70. The standard InChI is InChI=1S/C16H18FNO2S/c1-10-7-12(3)16(13(4)8-10)21(19,20)18-14-6-5-11(2)15(17)9-14/h5-9,18H,1-4H3. The molecule has 0 fully saturated rings. The highest BCUT2D eigenvalue weighted by Gasteiger charge is 2.20. The third kappa shape index (κ3) is 3.24. The number of aryl methyl sites for hydroxylation is 4. The Kier molecular flexibility index (Phi) is 4.05. The van der Waals surface area contributed by atoms with Gasteiger partial charge in [-0.25, -0.2) is 12.8 Å². The Morgan fingerprint density at radius 2 is 1.48 bits per heavy atom. The number of hydrogen-bond donors (Lipinski definition) is 1. The van der Waals surface area contributed by atoms with Crippen LogP contribution in [-0.2, 0) is 10.0 Å². The van der Waals surface area contributed by atoms with Crippen molar-refractivity contribution in [3.05, 3.63) is 58.4 Å². The minimum atomic E-state index is -3.74. The van der Waals surface area contributed by atoms with E-state index in [1.165, 1.54) is 6.07 Å². The number of halogens is 1. The van der Waals surface area contributed by atoms with Crippen LogP contribution in [0.15, 0.2) is 35.2 Å². The lowest BCUT2D eigenvalue weighted by Gasteiger charge is -2.14. The zero-order valence-corrected chi connectivity index (χ0v) is 13.3. The highest BCUT2D eigenvalue weighted by Crippen LogP contribution is 2.25. The molecule has 3 nitrogen and oxygen atoms in total. The predicted octanol–water partition coefficient (Wildman–Crippen LogP) is 3.86. The largest absolute Gasteiger partial charge is 0.280 e. The summed E-state index contributed by atoms with van der Waals surface area (Å²) >= 11 is 0. The Labute approximate surface area is 124 Å². The van der Waals surface area contributed by atoms with Crippen LogP contribution in [0.4, 0.5) is 10.1 Å². The van der Waals surface area contributed by atoms with Crippen molar-refractivity contribution in [2.45, 2.75) is 32.6 Å². The van der Waals surface area contributed by atoms with E-state index >= 15 is 0 Å². The lowest BCUT2D eigenvalue weighted by Crippen LogP contribution is -2.16. The lowest BCUT2D eigenvalue weighted by molar-refractivity contribution is 0.599. The van der Waals surface area contributed by atoms with Gasteiger partial charge in [-0.3, -0.25) is 4.72 Å². The molecule has 0 unspecified atom stereocenters. The molecule has 1 N–H and O–H groups in total. The molecule has 0 spiro atoms. The van der Waals surface area contributed by atoms with E-state index in [-0.39, 0.29) is 10.6 Å². The molecule has 21 heavy (non-hydrogen) atoms. The van der Waals surface area contributed by atoms with Gasteiger partial charge < -0.3 is 0 Å². The molecular formula is C16H18FNO2S. The predicted molar refractivity (Wildman–Crippen MR) is 82.6 cm³/mol. The van der Waals surface area contributed by atoms with Gasteiger partial charge in [-0.1, -0.05) is 23.8 Å². The molecule has 0 aliphatic heterocycles. The second-order valence-electron chi connectivity index (χ2n) is 5.30. The molecule has 0 atom stereocenters. The van der Waals surface area contributed by atoms with Gasteiger partial charge in [0.25, 0.3) is 10.0 Å². The Hall–Kier alpha value is -1.88. The molecule has 0 amide bonds. The molecule has 0 heterocycles. The summed E-state index contributed by atoms with van der Waals surface area (Å²) in [5, 5.41) is 0. The normalized spacial score (nSPS) is 11.5. The monoisotopic (exact) mass is 307 g/mol. The van der Waals surface area contributed by atoms with Crippen molar-refractivity contribution in [2.24, 2.45) is 0 Å². The summed E-state index contributed by atoms with van der Waals surface area (Å²) < 4.78 is 41.0. The Balaban J connectivity index is 2.46. The second kappa shape index (κ2) is 5.48. The molecular weight excluding hydrogens is 289 g/mol. The molecule has 0 radical (unpaired) electrons. The van der Waals surface area contributed by atoms with E-state index in [4.69, 9.17) is 0 Å². The van der Waals surface area contributed by atoms with Gasteiger partial charge in [-0.2, -0.15) is 0 Å². The molecule has 0 saturated heterocycles. The zero-order valence-electron chi connectivity index (χ0n) is 12.5. The van der Waals surface area contributed by atoms with Gasteiger partial charge >= 0.3 is 0 Å². The van der Waals surface area contributed by atoms with Crippen LogP contribution >= 0.6 is 0 Å². The maximum atomic E-state index is 13.5. The molecule has 2 rings (SSSR count). The average molecular weight is 307 g/mol. The smallest absolute Gasteiger partial charge is 0.262 e. The summed E-state index contributed by atoms with van der Waals surface area (Å²) in [6, 6.07) is 7.91. The molecule has 0 aromatic heterocycles. The fourth-order valence-corrected chi connectivity index (χ4v) is 3.96. The number of rotatable bonds is 3. The van der Waals surface area contributed by atoms with Crippen molar-refractivity contribution < 1.29 is 12.8 Å². The first-order valence-electron chi connectivity index (χ1n) is 6.57. The van der Waals surface area contributed by atoms with Crippen LogP contribution in [0.2, 0.25) is 0 Å². The van der Waals surface area contributed by atoms with E-state index < -0.39 is 15.8 Å². The van der Waals surface area contributed by atoms with Crippen molar-refractivity contribution in [1.29, 1.82) is 0 Å².